The number of hydrogen-bond donors (Lipinski definition) is 2. The first-order chi connectivity index (χ1) is 16.5. The van der Waals surface area contributed by atoms with Crippen LogP contribution in [0, 0.1) is 0 Å². The fraction of sp³-hybridized carbons (Fsp3) is 0.320. The molecule has 1 aromatic carbocycles. The van der Waals surface area contributed by atoms with Crippen molar-refractivity contribution >= 4 is 45.1 Å². The number of hydrogen-bond acceptors (Lipinski definition) is 8. The van der Waals surface area contributed by atoms with Crippen LogP contribution in [0.4, 0.5) is 10.8 Å². The van der Waals surface area contributed by atoms with E-state index in [0.717, 1.165) is 27.2 Å². The van der Waals surface area contributed by atoms with Crippen LogP contribution in [0.5, 0.6) is 0 Å². The SMILES string of the molecule is COC(=O)c1cc(Nc2ncc(C(C)NC(=O)c3cc4c(cn3)ncn4C)s2)cc(C(C)(C)C)c1. The van der Waals surface area contributed by atoms with Gasteiger partial charge in [0.2, 0.25) is 0 Å². The maximum absolute atomic E-state index is 12.8. The molecule has 0 saturated carbocycles. The molecule has 0 radical (unpaired) electrons. The summed E-state index contributed by atoms with van der Waals surface area (Å²) in [4.78, 5) is 38.8. The number of imidazole rings is 1. The lowest BCUT2D eigenvalue weighted by Gasteiger charge is -2.21. The van der Waals surface area contributed by atoms with Crippen molar-refractivity contribution < 1.29 is 14.3 Å². The van der Waals surface area contributed by atoms with Crippen molar-refractivity contribution in [3.05, 3.63) is 64.7 Å². The van der Waals surface area contributed by atoms with Crippen LogP contribution in [0.15, 0.2) is 43.0 Å². The topological polar surface area (TPSA) is 111 Å². The zero-order chi connectivity index (χ0) is 25.3. The highest BCUT2D eigenvalue weighted by molar-refractivity contribution is 7.15. The molecular formula is C25H28N6O3S. The average molecular weight is 493 g/mol. The predicted molar refractivity (Wildman–Crippen MR) is 136 cm³/mol. The second kappa shape index (κ2) is 9.46. The molecule has 1 unspecified atom stereocenters. The van der Waals surface area contributed by atoms with Crippen molar-refractivity contribution in [2.24, 2.45) is 7.05 Å². The number of carbonyl (C=O) groups is 2. The number of esters is 1. The number of thiazole rings is 1. The highest BCUT2D eigenvalue weighted by Crippen LogP contribution is 2.31. The summed E-state index contributed by atoms with van der Waals surface area (Å²) in [5.74, 6) is -0.669. The molecule has 0 aliphatic rings. The minimum absolute atomic E-state index is 0.153. The normalized spacial score (nSPS) is 12.4. The van der Waals surface area contributed by atoms with Gasteiger partial charge in [0, 0.05) is 23.8 Å². The third-order valence-electron chi connectivity index (χ3n) is 5.61. The second-order valence-electron chi connectivity index (χ2n) is 9.34. The highest BCUT2D eigenvalue weighted by atomic mass is 32.1. The summed E-state index contributed by atoms with van der Waals surface area (Å²) in [6, 6.07) is 7.04. The number of pyridine rings is 1. The van der Waals surface area contributed by atoms with Crippen molar-refractivity contribution in [2.75, 3.05) is 12.4 Å². The zero-order valence-electron chi connectivity index (χ0n) is 20.5. The first kappa shape index (κ1) is 24.3. The molecule has 9 nitrogen and oxygen atoms in total. The van der Waals surface area contributed by atoms with Gasteiger partial charge in [-0.1, -0.05) is 32.1 Å². The Hall–Kier alpha value is -3.79. The molecule has 0 aliphatic carbocycles. The van der Waals surface area contributed by atoms with Gasteiger partial charge in [0.15, 0.2) is 5.13 Å². The number of anilines is 2. The Bertz CT molecular complexity index is 1400. The van der Waals surface area contributed by atoms with Crippen molar-refractivity contribution in [3.8, 4) is 0 Å². The number of nitrogens with zero attached hydrogens (tertiary/aromatic N) is 4. The molecular weight excluding hydrogens is 464 g/mol. The number of carbonyl (C=O) groups excluding carboxylic acids is 2. The molecule has 4 rings (SSSR count). The maximum Gasteiger partial charge on any atom is 0.337 e. The van der Waals surface area contributed by atoms with Crippen molar-refractivity contribution in [1.82, 2.24) is 24.8 Å². The number of amides is 1. The molecule has 0 bridgehead atoms. The third-order valence-corrected chi connectivity index (χ3v) is 6.71. The first-order valence-corrected chi connectivity index (χ1v) is 11.9. The molecule has 0 saturated heterocycles. The number of ether oxygens (including phenoxy) is 1. The van der Waals surface area contributed by atoms with Crippen LogP contribution < -0.4 is 10.6 Å². The van der Waals surface area contributed by atoms with Crippen LogP contribution in [0.25, 0.3) is 11.0 Å². The second-order valence-corrected chi connectivity index (χ2v) is 10.4. The molecule has 2 N–H and O–H groups in total. The number of rotatable bonds is 6. The molecule has 3 aromatic heterocycles. The van der Waals surface area contributed by atoms with Crippen LogP contribution >= 0.6 is 11.3 Å². The fourth-order valence-corrected chi connectivity index (χ4v) is 4.37. The zero-order valence-corrected chi connectivity index (χ0v) is 21.4. The summed E-state index contributed by atoms with van der Waals surface area (Å²) < 4.78 is 6.76. The molecule has 0 aliphatic heterocycles. The predicted octanol–water partition coefficient (Wildman–Crippen LogP) is 4.74. The number of methoxy groups -OCH3 is 1. The summed E-state index contributed by atoms with van der Waals surface area (Å²) in [6.45, 7) is 8.15. The average Bonchev–Trinajstić information content (AvgIpc) is 3.44. The summed E-state index contributed by atoms with van der Waals surface area (Å²) in [5, 5.41) is 6.91. The van der Waals surface area contributed by atoms with E-state index < -0.39 is 5.97 Å². The molecule has 0 fully saturated rings. The molecule has 0 spiro atoms. The van der Waals surface area contributed by atoms with E-state index in [1.807, 2.05) is 30.7 Å². The van der Waals surface area contributed by atoms with Gasteiger partial charge in [-0.2, -0.15) is 0 Å². The number of nitrogens with one attached hydrogen (secondary N) is 2. The van der Waals surface area contributed by atoms with Gasteiger partial charge in [-0.3, -0.25) is 4.79 Å². The van der Waals surface area contributed by atoms with Crippen LogP contribution in [0.1, 0.15) is 65.0 Å². The van der Waals surface area contributed by atoms with Crippen molar-refractivity contribution in [1.29, 1.82) is 0 Å². The summed E-state index contributed by atoms with van der Waals surface area (Å²) in [7, 11) is 3.24. The number of aromatic nitrogens is 4. The molecule has 1 atom stereocenters. The molecule has 182 valence electrons. The minimum atomic E-state index is -0.395. The smallest absolute Gasteiger partial charge is 0.337 e. The van der Waals surface area contributed by atoms with Crippen LogP contribution in [0.2, 0.25) is 0 Å². The van der Waals surface area contributed by atoms with Gasteiger partial charge >= 0.3 is 5.97 Å². The molecule has 35 heavy (non-hydrogen) atoms. The van der Waals surface area contributed by atoms with E-state index in [4.69, 9.17) is 4.74 Å². The Labute approximate surface area is 207 Å². The van der Waals surface area contributed by atoms with E-state index in [2.05, 4.69) is 46.4 Å². The Balaban J connectivity index is 1.50. The molecule has 10 heteroatoms. The quantitative estimate of drug-likeness (QED) is 0.374. The van der Waals surface area contributed by atoms with E-state index in [1.165, 1.54) is 18.4 Å². The first-order valence-electron chi connectivity index (χ1n) is 11.1. The van der Waals surface area contributed by atoms with E-state index in [0.29, 0.717) is 16.4 Å². The standard InChI is InChI=1S/C25H28N6O3S/c1-14(29-22(32)18-10-20-19(11-26-18)28-13-31(20)5)21-12-27-24(35-21)30-17-8-15(23(33)34-6)7-16(9-17)25(2,3)4/h7-14H,1-6H3,(H,27,30)(H,29,32). The number of benzene rings is 1. The fourth-order valence-electron chi connectivity index (χ4n) is 3.53. The van der Waals surface area contributed by atoms with Crippen LogP contribution in [-0.4, -0.2) is 38.5 Å². The summed E-state index contributed by atoms with van der Waals surface area (Å²) in [6.07, 6.45) is 5.01. The van der Waals surface area contributed by atoms with Gasteiger partial charge in [0.25, 0.3) is 5.91 Å². The monoisotopic (exact) mass is 492 g/mol. The van der Waals surface area contributed by atoms with Gasteiger partial charge in [-0.05, 0) is 42.2 Å². The van der Waals surface area contributed by atoms with E-state index in [-0.39, 0.29) is 17.4 Å². The van der Waals surface area contributed by atoms with Gasteiger partial charge < -0.3 is 19.9 Å². The lowest BCUT2D eigenvalue weighted by atomic mass is 9.86. The van der Waals surface area contributed by atoms with E-state index in [1.54, 1.807) is 30.9 Å². The van der Waals surface area contributed by atoms with E-state index >= 15 is 0 Å². The van der Waals surface area contributed by atoms with Crippen molar-refractivity contribution in [3.63, 3.8) is 0 Å². The van der Waals surface area contributed by atoms with Crippen molar-refractivity contribution in [2.45, 2.75) is 39.2 Å². The number of fused-ring (bicyclic) bond motifs is 1. The molecule has 4 aromatic rings. The number of aryl methyl sites for hydroxylation is 1. The minimum Gasteiger partial charge on any atom is -0.465 e. The molecule has 3 heterocycles. The summed E-state index contributed by atoms with van der Waals surface area (Å²) in [5.41, 5.74) is 3.96. The molecule has 1 amide bonds. The van der Waals surface area contributed by atoms with E-state index in [9.17, 15) is 9.59 Å². The van der Waals surface area contributed by atoms with Gasteiger partial charge in [0.1, 0.15) is 11.2 Å². The Morgan fingerprint density at radius 2 is 1.86 bits per heavy atom. The van der Waals surface area contributed by atoms with Crippen LogP contribution in [-0.2, 0) is 17.2 Å². The summed E-state index contributed by atoms with van der Waals surface area (Å²) >= 11 is 1.43. The Morgan fingerprint density at radius 1 is 1.09 bits per heavy atom. The largest absolute Gasteiger partial charge is 0.465 e. The van der Waals surface area contributed by atoms with Gasteiger partial charge in [-0.25, -0.2) is 19.7 Å². The van der Waals surface area contributed by atoms with Gasteiger partial charge in [-0.15, -0.1) is 0 Å². The highest BCUT2D eigenvalue weighted by Gasteiger charge is 2.20. The Morgan fingerprint density at radius 3 is 2.57 bits per heavy atom. The Kier molecular flexibility index (Phi) is 6.58. The lowest BCUT2D eigenvalue weighted by molar-refractivity contribution is 0.0600. The maximum atomic E-state index is 12.8. The van der Waals surface area contributed by atoms with Gasteiger partial charge in [0.05, 0.1) is 36.8 Å². The lowest BCUT2D eigenvalue weighted by Crippen LogP contribution is -2.26. The van der Waals surface area contributed by atoms with Crippen LogP contribution in [0.3, 0.4) is 0 Å². The third kappa shape index (κ3) is 5.32.